The molecule has 8 rings (SSSR count). The van der Waals surface area contributed by atoms with Gasteiger partial charge in [-0.05, 0) is 76.1 Å². The Morgan fingerprint density at radius 3 is 2.23 bits per heavy atom. The summed E-state index contributed by atoms with van der Waals surface area (Å²) >= 11 is 1.69. The molecule has 0 aliphatic heterocycles. The normalized spacial score (nSPS) is 13.6. The van der Waals surface area contributed by atoms with Gasteiger partial charge in [0.2, 0.25) is 0 Å². The van der Waals surface area contributed by atoms with E-state index in [1.165, 1.54) is 27.6 Å². The number of benzene rings is 6. The van der Waals surface area contributed by atoms with Gasteiger partial charge in [-0.25, -0.2) is 4.98 Å². The number of imidazole rings is 1. The summed E-state index contributed by atoms with van der Waals surface area (Å²) in [5, 5.41) is 6.45. The van der Waals surface area contributed by atoms with E-state index in [4.69, 9.17) is 4.11 Å². The van der Waals surface area contributed by atoms with E-state index in [0.717, 1.165) is 53.4 Å². The number of nitrogens with zero attached hydrogens (tertiary/aromatic N) is 1. The van der Waals surface area contributed by atoms with Crippen molar-refractivity contribution < 1.29 is 8.68 Å². The number of nitrogens with one attached hydrogen (secondary N) is 1. The third-order valence-corrected chi connectivity index (χ3v) is 10.1. The van der Waals surface area contributed by atoms with E-state index in [-0.39, 0.29) is 0 Å². The van der Waals surface area contributed by atoms with Gasteiger partial charge in [-0.1, -0.05) is 100 Å². The maximum Gasteiger partial charge on any atom is 0.294 e. The van der Waals surface area contributed by atoms with Crippen LogP contribution in [0.1, 0.15) is 60.3 Å². The monoisotopic (exact) mass is 578 g/mol. The zero-order valence-electron chi connectivity index (χ0n) is 27.8. The third kappa shape index (κ3) is 3.95. The fourth-order valence-electron chi connectivity index (χ4n) is 6.83. The first-order valence-corrected chi connectivity index (χ1v) is 15.9. The molecule has 210 valence electrons. The minimum absolute atomic E-state index is 0.312. The van der Waals surface area contributed by atoms with E-state index < -0.39 is 6.85 Å². The van der Waals surface area contributed by atoms with Crippen LogP contribution in [0.4, 0.5) is 0 Å². The summed E-state index contributed by atoms with van der Waals surface area (Å²) in [6.07, 6.45) is 0. The molecule has 0 saturated heterocycles. The maximum absolute atomic E-state index is 8.58. The number of fused-ring (bicyclic) bond motifs is 7. The Balaban J connectivity index is 1.53. The van der Waals surface area contributed by atoms with E-state index >= 15 is 0 Å². The van der Waals surface area contributed by atoms with Crippen LogP contribution < -0.4 is 4.57 Å². The van der Waals surface area contributed by atoms with Gasteiger partial charge in [0.05, 0.1) is 10.3 Å². The van der Waals surface area contributed by atoms with Crippen molar-refractivity contribution in [1.82, 2.24) is 4.98 Å². The molecule has 3 heteroatoms. The van der Waals surface area contributed by atoms with E-state index in [1.54, 1.807) is 11.3 Å². The van der Waals surface area contributed by atoms with Gasteiger partial charge in [-0.2, -0.15) is 4.57 Å². The summed E-state index contributed by atoms with van der Waals surface area (Å²) in [5.41, 5.74) is 7.30. The van der Waals surface area contributed by atoms with Crippen molar-refractivity contribution in [3.05, 3.63) is 120 Å². The summed E-state index contributed by atoms with van der Waals surface area (Å²) < 4.78 is 30.2. The molecule has 8 aromatic rings. The van der Waals surface area contributed by atoms with Crippen molar-refractivity contribution in [3.63, 3.8) is 0 Å². The lowest BCUT2D eigenvalue weighted by Gasteiger charge is -2.18. The van der Waals surface area contributed by atoms with Crippen molar-refractivity contribution in [2.75, 3.05) is 0 Å². The second-order valence-corrected chi connectivity index (χ2v) is 13.3. The molecule has 0 atom stereocenters. The average Bonchev–Trinajstić information content (AvgIpc) is 3.60. The fraction of sp³-hybridized carbons (Fsp3) is 0.175. The molecule has 0 saturated carbocycles. The predicted octanol–water partition coefficient (Wildman–Crippen LogP) is 11.3. The molecule has 0 amide bonds. The van der Waals surface area contributed by atoms with Crippen LogP contribution in [0.3, 0.4) is 0 Å². The number of aryl methyl sites for hydroxylation is 1. The quantitative estimate of drug-likeness (QED) is 0.158. The fourth-order valence-corrected chi connectivity index (χ4v) is 8.11. The van der Waals surface area contributed by atoms with Crippen LogP contribution in [0.25, 0.3) is 69.8 Å². The van der Waals surface area contributed by atoms with Crippen molar-refractivity contribution in [2.24, 2.45) is 0 Å². The molecule has 1 N–H and O–H groups in total. The summed E-state index contributed by atoms with van der Waals surface area (Å²) in [6, 6.07) is 36.2. The van der Waals surface area contributed by atoms with Crippen molar-refractivity contribution in [3.8, 4) is 17.1 Å². The van der Waals surface area contributed by atoms with Gasteiger partial charge in [0, 0.05) is 30.7 Å². The Hall–Kier alpha value is -4.47. The molecule has 0 aliphatic rings. The topological polar surface area (TPSA) is 19.7 Å². The van der Waals surface area contributed by atoms with Crippen molar-refractivity contribution in [2.45, 2.75) is 46.4 Å². The zero-order chi connectivity index (χ0) is 31.9. The smallest absolute Gasteiger partial charge is 0.236 e. The highest BCUT2D eigenvalue weighted by atomic mass is 32.1. The van der Waals surface area contributed by atoms with E-state index in [2.05, 4.69) is 128 Å². The van der Waals surface area contributed by atoms with Crippen LogP contribution in [-0.4, -0.2) is 4.98 Å². The zero-order valence-corrected chi connectivity index (χ0v) is 25.6. The molecule has 6 aromatic carbocycles. The standard InChI is InChI=1S/C40H34N2S/c1-23(2)28-13-10-14-29(24(3)4)38(28)42-35-16-9-8-15-34(35)41-40(42)31-20-17-25(5)37-33-22-32-27(21-36(33)43-39(31)37)19-18-26-11-6-7-12-30(26)32/h6-24H,1-5H3/p+1/i5D3. The largest absolute Gasteiger partial charge is 0.294 e. The van der Waals surface area contributed by atoms with Gasteiger partial charge in [0.1, 0.15) is 5.69 Å². The molecule has 2 heterocycles. The number of hydrogen-bond acceptors (Lipinski definition) is 1. The number of rotatable bonds is 4. The van der Waals surface area contributed by atoms with E-state index in [1.807, 2.05) is 12.1 Å². The lowest BCUT2D eigenvalue weighted by Crippen LogP contribution is -2.35. The number of hydrogen-bond donors (Lipinski definition) is 1. The molecule has 0 fully saturated rings. The Morgan fingerprint density at radius 2 is 1.44 bits per heavy atom. The Bertz CT molecular complexity index is 2450. The second kappa shape index (κ2) is 9.79. The molecule has 0 radical (unpaired) electrons. The minimum Gasteiger partial charge on any atom is -0.236 e. The number of H-pyrrole nitrogens is 1. The Labute approximate surface area is 260 Å². The number of aromatic nitrogens is 2. The van der Waals surface area contributed by atoms with Crippen LogP contribution in [0, 0.1) is 6.85 Å². The molecule has 0 spiro atoms. The SMILES string of the molecule is [2H]C([2H])([2H])c1ccc(-c2[nH]c3ccccc3[n+]2-c2c(C(C)C)cccc2C(C)C)c2sc3cc4ccc5ccccc5c4cc3c12. The highest BCUT2D eigenvalue weighted by molar-refractivity contribution is 7.26. The summed E-state index contributed by atoms with van der Waals surface area (Å²) in [5.74, 6) is 1.58. The minimum atomic E-state index is -2.26. The van der Waals surface area contributed by atoms with Crippen LogP contribution in [-0.2, 0) is 0 Å². The molecular formula is C40H35N2S+. The third-order valence-electron chi connectivity index (χ3n) is 8.93. The molecule has 43 heavy (non-hydrogen) atoms. The average molecular weight is 579 g/mol. The molecule has 0 unspecified atom stereocenters. The van der Waals surface area contributed by atoms with Gasteiger partial charge in [0.15, 0.2) is 11.0 Å². The predicted molar refractivity (Wildman–Crippen MR) is 186 cm³/mol. The van der Waals surface area contributed by atoms with Crippen LogP contribution in [0.2, 0.25) is 0 Å². The Morgan fingerprint density at radius 1 is 0.698 bits per heavy atom. The van der Waals surface area contributed by atoms with Gasteiger partial charge in [0.25, 0.3) is 5.82 Å². The van der Waals surface area contributed by atoms with Gasteiger partial charge in [-0.15, -0.1) is 11.3 Å². The molecule has 0 bridgehead atoms. The first kappa shape index (κ1) is 23.0. The van der Waals surface area contributed by atoms with E-state index in [0.29, 0.717) is 17.4 Å². The summed E-state index contributed by atoms with van der Waals surface area (Å²) in [7, 11) is 0. The number of para-hydroxylation sites is 3. The highest BCUT2D eigenvalue weighted by Gasteiger charge is 2.29. The summed E-state index contributed by atoms with van der Waals surface area (Å²) in [6.45, 7) is 6.75. The number of thiophene rings is 1. The molecular weight excluding hydrogens is 541 g/mol. The van der Waals surface area contributed by atoms with Gasteiger partial charge < -0.3 is 0 Å². The lowest BCUT2D eigenvalue weighted by atomic mass is 9.92. The second-order valence-electron chi connectivity index (χ2n) is 12.2. The first-order valence-electron chi connectivity index (χ1n) is 16.6. The van der Waals surface area contributed by atoms with E-state index in [9.17, 15) is 0 Å². The van der Waals surface area contributed by atoms with Crippen LogP contribution in [0.5, 0.6) is 0 Å². The molecule has 2 aromatic heterocycles. The maximum atomic E-state index is 8.58. The molecule has 2 nitrogen and oxygen atoms in total. The van der Waals surface area contributed by atoms with Crippen molar-refractivity contribution in [1.29, 1.82) is 0 Å². The van der Waals surface area contributed by atoms with Gasteiger partial charge >= 0.3 is 0 Å². The molecule has 0 aliphatic carbocycles. The van der Waals surface area contributed by atoms with Gasteiger partial charge in [-0.3, -0.25) is 0 Å². The van der Waals surface area contributed by atoms with Crippen LogP contribution in [0.15, 0.2) is 103 Å². The van der Waals surface area contributed by atoms with Crippen LogP contribution >= 0.6 is 11.3 Å². The first-order chi connectivity index (χ1) is 22.1. The lowest BCUT2D eigenvalue weighted by molar-refractivity contribution is -0.556. The van der Waals surface area contributed by atoms with Crippen molar-refractivity contribution >= 4 is 64.1 Å². The highest BCUT2D eigenvalue weighted by Crippen LogP contribution is 2.44. The summed E-state index contributed by atoms with van der Waals surface area (Å²) in [4.78, 5) is 3.79. The number of aromatic amines is 1. The Kier molecular flexibility index (Phi) is 5.25.